The van der Waals surface area contributed by atoms with Gasteiger partial charge in [-0.2, -0.15) is 0 Å². The zero-order valence-corrected chi connectivity index (χ0v) is 9.58. The minimum atomic E-state index is -0.109. The van der Waals surface area contributed by atoms with Gasteiger partial charge in [-0.25, -0.2) is 0 Å². The van der Waals surface area contributed by atoms with Crippen LogP contribution in [0.1, 0.15) is 10.4 Å². The first-order valence-electron chi connectivity index (χ1n) is 4.60. The minimum Gasteiger partial charge on any atom is -0.398 e. The molecule has 80 valence electrons. The molecule has 1 fully saturated rings. The maximum Gasteiger partial charge on any atom is 0.251 e. The topological polar surface area (TPSA) is 64.4 Å². The highest BCUT2D eigenvalue weighted by Gasteiger charge is 2.21. The van der Waals surface area contributed by atoms with Crippen molar-refractivity contribution >= 4 is 27.5 Å². The first kappa shape index (κ1) is 10.4. The molecular formula is C10H11BrN2O2. The Bertz CT molecular complexity index is 391. The summed E-state index contributed by atoms with van der Waals surface area (Å²) >= 11 is 3.28. The van der Waals surface area contributed by atoms with E-state index in [4.69, 9.17) is 10.5 Å². The number of nitrogens with one attached hydrogen (secondary N) is 1. The van der Waals surface area contributed by atoms with Crippen molar-refractivity contribution in [2.24, 2.45) is 0 Å². The third-order valence-electron chi connectivity index (χ3n) is 2.23. The van der Waals surface area contributed by atoms with Crippen molar-refractivity contribution in [2.75, 3.05) is 18.9 Å². The lowest BCUT2D eigenvalue weighted by Crippen LogP contribution is -2.48. The van der Waals surface area contributed by atoms with Crippen LogP contribution in [0.15, 0.2) is 22.7 Å². The summed E-state index contributed by atoms with van der Waals surface area (Å²) in [6.45, 7) is 1.19. The summed E-state index contributed by atoms with van der Waals surface area (Å²) < 4.78 is 5.76. The van der Waals surface area contributed by atoms with Crippen molar-refractivity contribution in [1.29, 1.82) is 0 Å². The molecule has 5 heteroatoms. The van der Waals surface area contributed by atoms with E-state index in [1.165, 1.54) is 0 Å². The highest BCUT2D eigenvalue weighted by atomic mass is 79.9. The first-order chi connectivity index (χ1) is 7.16. The van der Waals surface area contributed by atoms with E-state index < -0.39 is 0 Å². The van der Waals surface area contributed by atoms with E-state index in [1.54, 1.807) is 18.2 Å². The Balaban J connectivity index is 2.07. The molecule has 0 bridgehead atoms. The maximum absolute atomic E-state index is 11.7. The molecule has 0 unspecified atom stereocenters. The van der Waals surface area contributed by atoms with Crippen molar-refractivity contribution in [1.82, 2.24) is 5.32 Å². The Morgan fingerprint density at radius 2 is 2.27 bits per heavy atom. The molecule has 1 saturated heterocycles. The molecule has 1 aromatic rings. The van der Waals surface area contributed by atoms with E-state index >= 15 is 0 Å². The van der Waals surface area contributed by atoms with Gasteiger partial charge in [0.2, 0.25) is 0 Å². The average Bonchev–Trinajstić information content (AvgIpc) is 2.15. The monoisotopic (exact) mass is 270 g/mol. The van der Waals surface area contributed by atoms with E-state index in [-0.39, 0.29) is 11.9 Å². The van der Waals surface area contributed by atoms with Crippen molar-refractivity contribution < 1.29 is 9.53 Å². The molecule has 0 aliphatic carbocycles. The lowest BCUT2D eigenvalue weighted by Gasteiger charge is -2.26. The van der Waals surface area contributed by atoms with Crippen LogP contribution in [0.25, 0.3) is 0 Å². The number of nitrogen functional groups attached to an aromatic ring is 1. The number of ether oxygens (including phenoxy) is 1. The second-order valence-corrected chi connectivity index (χ2v) is 4.30. The molecule has 1 aliphatic rings. The molecule has 1 aromatic carbocycles. The van der Waals surface area contributed by atoms with Gasteiger partial charge in [-0.05, 0) is 34.1 Å². The van der Waals surface area contributed by atoms with E-state index in [0.29, 0.717) is 24.5 Å². The fraction of sp³-hybridized carbons (Fsp3) is 0.300. The summed E-state index contributed by atoms with van der Waals surface area (Å²) in [5.74, 6) is -0.109. The van der Waals surface area contributed by atoms with Gasteiger partial charge in [0.05, 0.1) is 19.3 Å². The second kappa shape index (κ2) is 4.20. The summed E-state index contributed by atoms with van der Waals surface area (Å²) in [4.78, 5) is 11.7. The Kier molecular flexibility index (Phi) is 2.93. The van der Waals surface area contributed by atoms with Crippen LogP contribution in [0.4, 0.5) is 5.69 Å². The molecule has 1 heterocycles. The van der Waals surface area contributed by atoms with E-state index in [1.807, 2.05) is 0 Å². The van der Waals surface area contributed by atoms with E-state index in [2.05, 4.69) is 21.2 Å². The number of amides is 1. The molecule has 0 radical (unpaired) electrons. The van der Waals surface area contributed by atoms with E-state index in [0.717, 1.165) is 4.47 Å². The smallest absolute Gasteiger partial charge is 0.251 e. The standard InChI is InChI=1S/C10H11BrN2O2/c11-8-2-1-6(3-9(8)12)10(14)13-7-4-15-5-7/h1-3,7H,4-5,12H2,(H,13,14). The normalized spacial score (nSPS) is 15.8. The summed E-state index contributed by atoms with van der Waals surface area (Å²) in [6, 6.07) is 5.29. The highest BCUT2D eigenvalue weighted by molar-refractivity contribution is 9.10. The molecule has 3 N–H and O–H groups in total. The summed E-state index contributed by atoms with van der Waals surface area (Å²) in [5, 5.41) is 2.84. The van der Waals surface area contributed by atoms with Crippen molar-refractivity contribution in [3.63, 3.8) is 0 Å². The van der Waals surface area contributed by atoms with Crippen LogP contribution < -0.4 is 11.1 Å². The third-order valence-corrected chi connectivity index (χ3v) is 2.95. The van der Waals surface area contributed by atoms with Crippen LogP contribution in [0, 0.1) is 0 Å². The zero-order valence-electron chi connectivity index (χ0n) is 8.00. The molecule has 4 nitrogen and oxygen atoms in total. The van der Waals surface area contributed by atoms with Gasteiger partial charge in [0.25, 0.3) is 5.91 Å². The zero-order chi connectivity index (χ0) is 10.8. The predicted octanol–water partition coefficient (Wildman–Crippen LogP) is 1.16. The molecule has 0 saturated carbocycles. The fourth-order valence-electron chi connectivity index (χ4n) is 1.27. The molecular weight excluding hydrogens is 260 g/mol. The van der Waals surface area contributed by atoms with Crippen LogP contribution in [0.3, 0.4) is 0 Å². The molecule has 2 rings (SSSR count). The van der Waals surface area contributed by atoms with Crippen LogP contribution in [0.2, 0.25) is 0 Å². The Labute approximate surface area is 95.9 Å². The summed E-state index contributed by atoms with van der Waals surface area (Å²) in [6.07, 6.45) is 0. The number of rotatable bonds is 2. The van der Waals surface area contributed by atoms with Crippen LogP contribution in [-0.2, 0) is 4.74 Å². The van der Waals surface area contributed by atoms with Crippen molar-refractivity contribution in [3.05, 3.63) is 28.2 Å². The van der Waals surface area contributed by atoms with Gasteiger partial charge >= 0.3 is 0 Å². The number of carbonyl (C=O) groups is 1. The van der Waals surface area contributed by atoms with Gasteiger partial charge in [-0.3, -0.25) is 4.79 Å². The molecule has 0 aromatic heterocycles. The van der Waals surface area contributed by atoms with Crippen LogP contribution in [0.5, 0.6) is 0 Å². The number of hydrogen-bond acceptors (Lipinski definition) is 3. The number of halogens is 1. The third kappa shape index (κ3) is 2.30. The molecule has 1 amide bonds. The quantitative estimate of drug-likeness (QED) is 0.793. The molecule has 0 atom stereocenters. The summed E-state index contributed by atoms with van der Waals surface area (Å²) in [5.41, 5.74) is 6.82. The summed E-state index contributed by atoms with van der Waals surface area (Å²) in [7, 11) is 0. The number of nitrogens with two attached hydrogens (primary N) is 1. The molecule has 15 heavy (non-hydrogen) atoms. The van der Waals surface area contributed by atoms with Crippen molar-refractivity contribution in [2.45, 2.75) is 6.04 Å². The Hall–Kier alpha value is -1.07. The minimum absolute atomic E-state index is 0.109. The number of hydrogen-bond donors (Lipinski definition) is 2. The predicted molar refractivity (Wildman–Crippen MR) is 60.6 cm³/mol. The van der Waals surface area contributed by atoms with Gasteiger partial charge in [0, 0.05) is 15.7 Å². The van der Waals surface area contributed by atoms with Gasteiger partial charge in [-0.1, -0.05) is 0 Å². The SMILES string of the molecule is Nc1cc(C(=O)NC2COC2)ccc1Br. The average molecular weight is 271 g/mol. The number of carbonyl (C=O) groups excluding carboxylic acids is 1. The maximum atomic E-state index is 11.7. The van der Waals surface area contributed by atoms with E-state index in [9.17, 15) is 4.79 Å². The number of anilines is 1. The van der Waals surface area contributed by atoms with Crippen molar-refractivity contribution in [3.8, 4) is 0 Å². The molecule has 0 spiro atoms. The second-order valence-electron chi connectivity index (χ2n) is 3.44. The largest absolute Gasteiger partial charge is 0.398 e. The Morgan fingerprint density at radius 1 is 1.53 bits per heavy atom. The highest BCUT2D eigenvalue weighted by Crippen LogP contribution is 2.20. The van der Waals surface area contributed by atoms with Gasteiger partial charge in [0.15, 0.2) is 0 Å². The molecule has 1 aliphatic heterocycles. The fourth-order valence-corrected chi connectivity index (χ4v) is 1.52. The van der Waals surface area contributed by atoms with Gasteiger partial charge < -0.3 is 15.8 Å². The Morgan fingerprint density at radius 3 is 2.80 bits per heavy atom. The number of benzene rings is 1. The lowest BCUT2D eigenvalue weighted by atomic mass is 10.1. The van der Waals surface area contributed by atoms with Crippen LogP contribution >= 0.6 is 15.9 Å². The van der Waals surface area contributed by atoms with Gasteiger partial charge in [-0.15, -0.1) is 0 Å². The van der Waals surface area contributed by atoms with Crippen LogP contribution in [-0.4, -0.2) is 25.2 Å². The van der Waals surface area contributed by atoms with Gasteiger partial charge in [0.1, 0.15) is 0 Å². The lowest BCUT2D eigenvalue weighted by molar-refractivity contribution is -0.00346. The first-order valence-corrected chi connectivity index (χ1v) is 5.40.